The second-order valence-electron chi connectivity index (χ2n) is 7.65. The van der Waals surface area contributed by atoms with Gasteiger partial charge in [-0.1, -0.05) is 38.1 Å². The summed E-state index contributed by atoms with van der Waals surface area (Å²) in [7, 11) is 1.56. The lowest BCUT2D eigenvalue weighted by Gasteiger charge is -2.29. The van der Waals surface area contributed by atoms with Crippen molar-refractivity contribution in [2.24, 2.45) is 0 Å². The Morgan fingerprint density at radius 1 is 1.14 bits per heavy atom. The average Bonchev–Trinajstić information content (AvgIpc) is 3.08. The fraction of sp³-hybridized carbons (Fsp3) is 0.348. The van der Waals surface area contributed by atoms with Crippen LogP contribution in [-0.2, 0) is 6.54 Å². The molecule has 6 heteroatoms. The minimum absolute atomic E-state index is 0.0655. The Labute approximate surface area is 171 Å². The maximum Gasteiger partial charge on any atom is 0.261 e. The summed E-state index contributed by atoms with van der Waals surface area (Å²) in [5, 5.41) is 4.77. The molecule has 2 aromatic heterocycles. The van der Waals surface area contributed by atoms with Crippen LogP contribution < -0.4 is 9.64 Å². The molecule has 0 spiro atoms. The van der Waals surface area contributed by atoms with Gasteiger partial charge >= 0.3 is 0 Å². The molecular weight excluding hydrogens is 364 g/mol. The van der Waals surface area contributed by atoms with Crippen molar-refractivity contribution in [2.75, 3.05) is 18.6 Å². The summed E-state index contributed by atoms with van der Waals surface area (Å²) in [6.07, 6.45) is 2.44. The first kappa shape index (κ1) is 19.2. The maximum absolute atomic E-state index is 13.4. The maximum atomic E-state index is 13.4. The summed E-state index contributed by atoms with van der Waals surface area (Å²) in [5.74, 6) is 1.68. The van der Waals surface area contributed by atoms with Crippen LogP contribution in [0, 0.1) is 6.92 Å². The number of carbonyl (C=O) groups is 1. The molecule has 1 aliphatic rings. The van der Waals surface area contributed by atoms with Crippen molar-refractivity contribution in [1.29, 1.82) is 0 Å². The van der Waals surface area contributed by atoms with Gasteiger partial charge in [0.2, 0.25) is 5.88 Å². The highest BCUT2D eigenvalue weighted by Crippen LogP contribution is 2.40. The number of aromatic nitrogens is 3. The zero-order valence-electron chi connectivity index (χ0n) is 17.3. The van der Waals surface area contributed by atoms with Gasteiger partial charge in [-0.15, -0.1) is 0 Å². The van der Waals surface area contributed by atoms with Crippen molar-refractivity contribution in [1.82, 2.24) is 14.8 Å². The number of aryl methyl sites for hydroxylation is 2. The molecule has 1 amide bonds. The zero-order chi connectivity index (χ0) is 20.5. The number of nitrogens with zero attached hydrogens (tertiary/aromatic N) is 4. The molecule has 3 aromatic rings. The van der Waals surface area contributed by atoms with Crippen LogP contribution >= 0.6 is 0 Å². The molecule has 0 radical (unpaired) electrons. The van der Waals surface area contributed by atoms with Crippen LogP contribution in [-0.4, -0.2) is 34.3 Å². The lowest BCUT2D eigenvalue weighted by Crippen LogP contribution is -2.38. The summed E-state index contributed by atoms with van der Waals surface area (Å²) in [6.45, 7) is 7.87. The molecule has 0 N–H and O–H groups in total. The fourth-order valence-electron chi connectivity index (χ4n) is 4.01. The van der Waals surface area contributed by atoms with Gasteiger partial charge in [-0.25, -0.2) is 9.67 Å². The van der Waals surface area contributed by atoms with Gasteiger partial charge in [-0.3, -0.25) is 9.69 Å². The molecular formula is C23H26N4O2. The van der Waals surface area contributed by atoms with Gasteiger partial charge in [0.15, 0.2) is 0 Å². The number of anilines is 1. The number of benzene rings is 1. The summed E-state index contributed by atoms with van der Waals surface area (Å²) in [5.41, 5.74) is 4.94. The van der Waals surface area contributed by atoms with Crippen LogP contribution in [0.2, 0.25) is 0 Å². The number of hydrogen-bond donors (Lipinski definition) is 0. The predicted octanol–water partition coefficient (Wildman–Crippen LogP) is 4.44. The number of hydrogen-bond acceptors (Lipinski definition) is 4. The van der Waals surface area contributed by atoms with Gasteiger partial charge < -0.3 is 4.74 Å². The summed E-state index contributed by atoms with van der Waals surface area (Å²) in [6, 6.07) is 11.9. The molecule has 3 heterocycles. The van der Waals surface area contributed by atoms with Gasteiger partial charge in [-0.2, -0.15) is 5.10 Å². The summed E-state index contributed by atoms with van der Waals surface area (Å²) in [4.78, 5) is 19.4. The molecule has 0 saturated carbocycles. The normalized spacial score (nSPS) is 13.5. The number of methoxy groups -OCH3 is 1. The molecule has 0 bridgehead atoms. The summed E-state index contributed by atoms with van der Waals surface area (Å²) < 4.78 is 7.09. The molecule has 150 valence electrons. The quantitative estimate of drug-likeness (QED) is 0.661. The highest BCUT2D eigenvalue weighted by atomic mass is 16.5. The number of ether oxygens (including phenoxy) is 1. The van der Waals surface area contributed by atoms with Crippen LogP contribution in [0.5, 0.6) is 5.88 Å². The van der Waals surface area contributed by atoms with Gasteiger partial charge in [-0.05, 0) is 36.5 Å². The Bertz CT molecular complexity index is 1040. The lowest BCUT2D eigenvalue weighted by molar-refractivity contribution is 0.0981. The van der Waals surface area contributed by atoms with Crippen molar-refractivity contribution in [3.8, 4) is 17.0 Å². The Kier molecular flexibility index (Phi) is 5.09. The van der Waals surface area contributed by atoms with E-state index in [1.165, 1.54) is 5.56 Å². The Morgan fingerprint density at radius 3 is 2.62 bits per heavy atom. The molecule has 0 unspecified atom stereocenters. The molecule has 0 aliphatic carbocycles. The third-order valence-electron chi connectivity index (χ3n) is 5.40. The highest BCUT2D eigenvalue weighted by Gasteiger charge is 2.31. The van der Waals surface area contributed by atoms with E-state index in [9.17, 15) is 4.79 Å². The van der Waals surface area contributed by atoms with E-state index < -0.39 is 0 Å². The molecule has 0 atom stereocenters. The molecule has 6 nitrogen and oxygen atoms in total. The number of fused-ring (bicyclic) bond motifs is 1. The van der Waals surface area contributed by atoms with Crippen LogP contribution in [0.15, 0.2) is 42.6 Å². The fourth-order valence-corrected chi connectivity index (χ4v) is 4.01. The van der Waals surface area contributed by atoms with E-state index in [4.69, 9.17) is 9.84 Å². The van der Waals surface area contributed by atoms with E-state index in [0.29, 0.717) is 23.9 Å². The lowest BCUT2D eigenvalue weighted by atomic mass is 9.92. The van der Waals surface area contributed by atoms with Gasteiger partial charge in [0.05, 0.1) is 18.4 Å². The Balaban J connectivity index is 1.83. The smallest absolute Gasteiger partial charge is 0.261 e. The standard InChI is InChI=1S/C23H26N4O2/c1-15(2)18-8-5-6-9-19(18)21-16(3)25-27-13-7-12-26(22(21)27)23(28)17-10-11-20(29-4)24-14-17/h5-6,8-11,14-15H,7,12-13H2,1-4H3. The number of amides is 1. The highest BCUT2D eigenvalue weighted by molar-refractivity contribution is 6.07. The minimum Gasteiger partial charge on any atom is -0.481 e. The van der Waals surface area contributed by atoms with Gasteiger partial charge in [0.25, 0.3) is 5.91 Å². The zero-order valence-corrected chi connectivity index (χ0v) is 17.3. The van der Waals surface area contributed by atoms with E-state index in [-0.39, 0.29) is 5.91 Å². The van der Waals surface area contributed by atoms with E-state index in [1.54, 1.807) is 25.4 Å². The molecule has 1 aromatic carbocycles. The Hall–Kier alpha value is -3.15. The minimum atomic E-state index is -0.0655. The predicted molar refractivity (Wildman–Crippen MR) is 114 cm³/mol. The van der Waals surface area contributed by atoms with Crippen LogP contribution in [0.25, 0.3) is 11.1 Å². The molecule has 29 heavy (non-hydrogen) atoms. The van der Waals surface area contributed by atoms with E-state index in [1.807, 2.05) is 22.6 Å². The average molecular weight is 390 g/mol. The van der Waals surface area contributed by atoms with Gasteiger partial charge in [0.1, 0.15) is 5.82 Å². The van der Waals surface area contributed by atoms with E-state index in [0.717, 1.165) is 35.6 Å². The van der Waals surface area contributed by atoms with Crippen molar-refractivity contribution in [3.05, 3.63) is 59.4 Å². The van der Waals surface area contributed by atoms with Crippen molar-refractivity contribution < 1.29 is 9.53 Å². The first-order valence-electron chi connectivity index (χ1n) is 10.00. The van der Waals surface area contributed by atoms with E-state index in [2.05, 4.69) is 37.0 Å². The Morgan fingerprint density at radius 2 is 1.93 bits per heavy atom. The van der Waals surface area contributed by atoms with Crippen LogP contribution in [0.4, 0.5) is 5.82 Å². The number of rotatable bonds is 4. The summed E-state index contributed by atoms with van der Waals surface area (Å²) >= 11 is 0. The second kappa shape index (κ2) is 7.70. The van der Waals surface area contributed by atoms with E-state index >= 15 is 0 Å². The van der Waals surface area contributed by atoms with Crippen molar-refractivity contribution in [2.45, 2.75) is 39.7 Å². The van der Waals surface area contributed by atoms with Crippen LogP contribution in [0.1, 0.15) is 47.8 Å². The monoisotopic (exact) mass is 390 g/mol. The first-order valence-corrected chi connectivity index (χ1v) is 10.00. The number of pyridine rings is 1. The topological polar surface area (TPSA) is 60.2 Å². The molecule has 1 aliphatic heterocycles. The molecule has 4 rings (SSSR count). The number of carbonyl (C=O) groups excluding carboxylic acids is 1. The second-order valence-corrected chi connectivity index (χ2v) is 7.65. The molecule has 0 saturated heterocycles. The third-order valence-corrected chi connectivity index (χ3v) is 5.40. The largest absolute Gasteiger partial charge is 0.481 e. The van der Waals surface area contributed by atoms with Crippen molar-refractivity contribution in [3.63, 3.8) is 0 Å². The molecule has 0 fully saturated rings. The van der Waals surface area contributed by atoms with Crippen molar-refractivity contribution >= 4 is 11.7 Å². The first-order chi connectivity index (χ1) is 14.0. The SMILES string of the molecule is COc1ccc(C(=O)N2CCCn3nc(C)c(-c4ccccc4C(C)C)c32)cn1. The van der Waals surface area contributed by atoms with Crippen LogP contribution in [0.3, 0.4) is 0 Å². The van der Waals surface area contributed by atoms with Gasteiger partial charge in [0, 0.05) is 30.9 Å². The third kappa shape index (κ3) is 3.39.